The molecule has 0 aliphatic carbocycles. The van der Waals surface area contributed by atoms with E-state index in [0.717, 1.165) is 38.5 Å². The van der Waals surface area contributed by atoms with E-state index in [1.54, 1.807) is 6.92 Å². The Morgan fingerprint density at radius 1 is 0.655 bits per heavy atom. The molecule has 170 valence electrons. The summed E-state index contributed by atoms with van der Waals surface area (Å²) in [4.78, 5) is 0. The van der Waals surface area contributed by atoms with Crippen molar-refractivity contribution in [1.29, 1.82) is 0 Å². The average Bonchev–Trinajstić information content (AvgIpc) is 2.64. The third-order valence-corrected chi connectivity index (χ3v) is 7.20. The molecule has 0 aromatic heterocycles. The van der Waals surface area contributed by atoms with Crippen molar-refractivity contribution in [3.05, 3.63) is 0 Å². The van der Waals surface area contributed by atoms with Crippen LogP contribution in [0.5, 0.6) is 0 Å². The Labute approximate surface area is 204 Å². The van der Waals surface area contributed by atoms with Gasteiger partial charge in [-0.05, 0) is 25.7 Å². The summed E-state index contributed by atoms with van der Waals surface area (Å²) in [5.41, 5.74) is 0. The molecule has 0 aliphatic heterocycles. The zero-order chi connectivity index (χ0) is 21.1. The van der Waals surface area contributed by atoms with Crippen LogP contribution in [0.4, 0.5) is 0 Å². The van der Waals surface area contributed by atoms with Gasteiger partial charge in [-0.25, -0.2) is 8.42 Å². The van der Waals surface area contributed by atoms with E-state index in [1.165, 1.54) is 70.6 Å². The van der Waals surface area contributed by atoms with Gasteiger partial charge < -0.3 is 9.66 Å². The van der Waals surface area contributed by atoms with Crippen molar-refractivity contribution in [3.8, 4) is 0 Å². The van der Waals surface area contributed by atoms with Gasteiger partial charge >= 0.3 is 29.6 Å². The zero-order valence-electron chi connectivity index (χ0n) is 19.7. The van der Waals surface area contributed by atoms with E-state index < -0.39 is 15.4 Å². The summed E-state index contributed by atoms with van der Waals surface area (Å²) in [5, 5.41) is 9.33. The molecule has 6 heteroatoms. The van der Waals surface area contributed by atoms with Gasteiger partial charge in [0.2, 0.25) is 0 Å². The van der Waals surface area contributed by atoms with Crippen molar-refractivity contribution < 1.29 is 47.6 Å². The molecule has 2 atom stereocenters. The second kappa shape index (κ2) is 22.1. The fourth-order valence-corrected chi connectivity index (χ4v) is 4.71. The molecule has 0 bridgehead atoms. The Hall–Kier alpha value is 0.870. The summed E-state index contributed by atoms with van der Waals surface area (Å²) in [7, 11) is -4.11. The van der Waals surface area contributed by atoms with E-state index in [4.69, 9.17) is 0 Å². The number of hydrogen-bond acceptors (Lipinski definition) is 4. The fraction of sp³-hybridized carbons (Fsp3) is 1.00. The number of hydrogen-bond donors (Lipinski definition) is 1. The van der Waals surface area contributed by atoms with Crippen LogP contribution in [0.2, 0.25) is 0 Å². The first-order valence-corrected chi connectivity index (χ1v) is 13.5. The van der Waals surface area contributed by atoms with Gasteiger partial charge in [-0.15, -0.1) is 0 Å². The first kappa shape index (κ1) is 32.1. The van der Waals surface area contributed by atoms with E-state index in [0.29, 0.717) is 12.8 Å². The molecule has 0 fully saturated rings. The van der Waals surface area contributed by atoms with Gasteiger partial charge in [-0.2, -0.15) is 0 Å². The minimum Gasteiger partial charge on any atom is -0.748 e. The molecule has 29 heavy (non-hydrogen) atoms. The van der Waals surface area contributed by atoms with Crippen LogP contribution in [0.15, 0.2) is 0 Å². The standard InChI is InChI=1S/C23H48O4S.Na/c1-3-5-6-7-13-16-19-22(24)20-17-14-11-9-8-10-12-15-18-21-23(4-2)28(25,26)27;/h22-24H,3-21H2,1-2H3,(H,25,26,27);/q;+1/p-1. The molecule has 0 heterocycles. The predicted octanol–water partition coefficient (Wildman–Crippen LogP) is 3.72. The molecule has 0 aromatic rings. The van der Waals surface area contributed by atoms with E-state index in [-0.39, 0.29) is 35.7 Å². The SMILES string of the molecule is CCCCCCCCC(O)CCCCCCCCCCCC(CC)S(=O)(=O)[O-].[Na+]. The Morgan fingerprint density at radius 3 is 1.34 bits per heavy atom. The maximum absolute atomic E-state index is 11.0. The van der Waals surface area contributed by atoms with E-state index in [2.05, 4.69) is 6.92 Å². The third-order valence-electron chi connectivity index (χ3n) is 5.82. The first-order valence-electron chi connectivity index (χ1n) is 12.0. The van der Waals surface area contributed by atoms with Crippen molar-refractivity contribution in [3.63, 3.8) is 0 Å². The minimum absolute atomic E-state index is 0. The molecule has 0 spiro atoms. The molecular formula is C23H47NaO4S. The maximum atomic E-state index is 11.0. The molecule has 0 amide bonds. The van der Waals surface area contributed by atoms with Crippen LogP contribution in [0.3, 0.4) is 0 Å². The van der Waals surface area contributed by atoms with Gasteiger partial charge in [0.15, 0.2) is 0 Å². The Bertz CT molecular complexity index is 429. The monoisotopic (exact) mass is 442 g/mol. The number of aliphatic hydroxyl groups is 1. The second-order valence-corrected chi connectivity index (χ2v) is 10.1. The largest absolute Gasteiger partial charge is 1.00 e. The Morgan fingerprint density at radius 2 is 1.00 bits per heavy atom. The summed E-state index contributed by atoms with van der Waals surface area (Å²) in [6.45, 7) is 4.01. The average molecular weight is 443 g/mol. The van der Waals surface area contributed by atoms with E-state index >= 15 is 0 Å². The molecule has 1 N–H and O–H groups in total. The van der Waals surface area contributed by atoms with Gasteiger partial charge in [0.25, 0.3) is 0 Å². The van der Waals surface area contributed by atoms with Crippen LogP contribution in [-0.2, 0) is 10.1 Å². The maximum Gasteiger partial charge on any atom is 1.00 e. The van der Waals surface area contributed by atoms with Gasteiger partial charge in [-0.1, -0.05) is 110 Å². The van der Waals surface area contributed by atoms with Gasteiger partial charge in [0.1, 0.15) is 0 Å². The molecular weight excluding hydrogens is 395 g/mol. The number of aliphatic hydroxyl groups excluding tert-OH is 1. The molecule has 4 nitrogen and oxygen atoms in total. The van der Waals surface area contributed by atoms with Crippen LogP contribution in [0.25, 0.3) is 0 Å². The Balaban J connectivity index is 0. The van der Waals surface area contributed by atoms with E-state index in [9.17, 15) is 18.1 Å². The Kier molecular flexibility index (Phi) is 24.4. The molecule has 0 aromatic carbocycles. The number of unbranched alkanes of at least 4 members (excludes halogenated alkanes) is 13. The summed E-state index contributed by atoms with van der Waals surface area (Å²) in [5.74, 6) is 0. The summed E-state index contributed by atoms with van der Waals surface area (Å²) in [6, 6.07) is 0. The first-order chi connectivity index (χ1) is 13.4. The summed E-state index contributed by atoms with van der Waals surface area (Å²) in [6.07, 6.45) is 20.8. The molecule has 2 unspecified atom stereocenters. The van der Waals surface area contributed by atoms with Crippen LogP contribution < -0.4 is 29.6 Å². The smallest absolute Gasteiger partial charge is 0.748 e. The normalized spacial score (nSPS) is 13.8. The van der Waals surface area contributed by atoms with Crippen molar-refractivity contribution in [2.45, 2.75) is 147 Å². The van der Waals surface area contributed by atoms with Crippen LogP contribution in [0.1, 0.15) is 136 Å². The van der Waals surface area contributed by atoms with Crippen LogP contribution in [0, 0.1) is 0 Å². The zero-order valence-corrected chi connectivity index (χ0v) is 22.5. The number of rotatable bonds is 21. The fourth-order valence-electron chi connectivity index (χ4n) is 3.85. The van der Waals surface area contributed by atoms with Crippen molar-refractivity contribution in [1.82, 2.24) is 0 Å². The van der Waals surface area contributed by atoms with Crippen LogP contribution >= 0.6 is 0 Å². The van der Waals surface area contributed by atoms with E-state index in [1.807, 2.05) is 0 Å². The van der Waals surface area contributed by atoms with Gasteiger partial charge in [-0.3, -0.25) is 0 Å². The molecule has 0 rings (SSSR count). The van der Waals surface area contributed by atoms with Gasteiger partial charge in [0, 0.05) is 5.25 Å². The van der Waals surface area contributed by atoms with Crippen molar-refractivity contribution in [2.75, 3.05) is 0 Å². The van der Waals surface area contributed by atoms with Crippen LogP contribution in [-0.4, -0.2) is 29.4 Å². The van der Waals surface area contributed by atoms with Crippen molar-refractivity contribution in [2.24, 2.45) is 0 Å². The topological polar surface area (TPSA) is 77.4 Å². The summed E-state index contributed by atoms with van der Waals surface area (Å²) < 4.78 is 33.1. The molecule has 0 saturated heterocycles. The van der Waals surface area contributed by atoms with Crippen molar-refractivity contribution >= 4 is 10.1 Å². The van der Waals surface area contributed by atoms with Gasteiger partial charge in [0.05, 0.1) is 16.2 Å². The molecule has 0 radical (unpaired) electrons. The second-order valence-electron chi connectivity index (χ2n) is 8.49. The molecule has 0 aliphatic rings. The minimum atomic E-state index is -4.11. The predicted molar refractivity (Wildman–Crippen MR) is 119 cm³/mol. The third kappa shape index (κ3) is 21.9. The molecule has 0 saturated carbocycles. The quantitative estimate of drug-likeness (QED) is 0.167. The summed E-state index contributed by atoms with van der Waals surface area (Å²) >= 11 is 0.